The molecular formula is CH5N3O. The zero-order valence-electron chi connectivity index (χ0n) is 2.86. The van der Waals surface area contributed by atoms with E-state index in [9.17, 15) is 0 Å². The van der Waals surface area contributed by atoms with Gasteiger partial charge < -0.3 is 0 Å². The van der Waals surface area contributed by atoms with E-state index >= 15 is 0 Å². The molecule has 0 saturated heterocycles. The Morgan fingerprint density at radius 3 is 2.60 bits per heavy atom. The van der Waals surface area contributed by atoms with Crippen LogP contribution in [0.15, 0.2) is 5.22 Å². The Kier molecular flexibility index (Phi) is 2.93. The number of hydrogen-bond donors (Lipinski definition) is 2. The maximum Gasteiger partial charge on any atom is 0.0655 e. The fourth-order valence-corrected chi connectivity index (χ4v) is 0.0456. The van der Waals surface area contributed by atoms with Crippen molar-refractivity contribution in [3.63, 3.8) is 0 Å². The first-order valence-corrected chi connectivity index (χ1v) is 1.06. The molecule has 0 unspecified atom stereocenters. The molecule has 0 aromatic carbocycles. The molecule has 0 aromatic rings. The summed E-state index contributed by atoms with van der Waals surface area (Å²) in [6, 6.07) is 0. The lowest BCUT2D eigenvalue weighted by atomic mass is 11.7. The van der Waals surface area contributed by atoms with Crippen LogP contribution in [0.25, 0.3) is 0 Å². The fourth-order valence-electron chi connectivity index (χ4n) is 0.0456. The second kappa shape index (κ2) is 3.36. The van der Waals surface area contributed by atoms with Crippen molar-refractivity contribution < 1.29 is 4.84 Å². The van der Waals surface area contributed by atoms with Crippen molar-refractivity contribution >= 4 is 0 Å². The van der Waals surface area contributed by atoms with Crippen molar-refractivity contribution in [3.8, 4) is 0 Å². The van der Waals surface area contributed by atoms with Gasteiger partial charge in [0.2, 0.25) is 0 Å². The van der Waals surface area contributed by atoms with Crippen LogP contribution in [0.4, 0.5) is 0 Å². The molecule has 0 aliphatic heterocycles. The third kappa shape index (κ3) is 3.36. The molecule has 0 aliphatic rings. The molecule has 0 heterocycles. The highest BCUT2D eigenvalue weighted by molar-refractivity contribution is 3.74. The molecule has 2 N–H and O–H groups in total. The lowest BCUT2D eigenvalue weighted by molar-refractivity contribution is 0.0853. The van der Waals surface area contributed by atoms with Gasteiger partial charge in [0.1, 0.15) is 0 Å². The van der Waals surface area contributed by atoms with E-state index in [0.717, 1.165) is 0 Å². The van der Waals surface area contributed by atoms with Crippen LogP contribution >= 0.6 is 0 Å². The van der Waals surface area contributed by atoms with E-state index in [0.29, 0.717) is 0 Å². The molecule has 4 nitrogen and oxygen atoms in total. The van der Waals surface area contributed by atoms with Crippen LogP contribution in [-0.2, 0) is 4.84 Å². The molecule has 0 fully saturated rings. The summed E-state index contributed by atoms with van der Waals surface area (Å²) in [6.45, 7) is 0. The average Bonchev–Trinajstić information content (AvgIpc) is 1.41. The average molecular weight is 75.1 g/mol. The van der Waals surface area contributed by atoms with Crippen molar-refractivity contribution in [3.05, 3.63) is 0 Å². The van der Waals surface area contributed by atoms with Gasteiger partial charge in [-0.3, -0.25) is 4.84 Å². The summed E-state index contributed by atoms with van der Waals surface area (Å²) in [6.07, 6.45) is 0. The Bertz CT molecular complexity index is 28.1. The number of hydrogen-bond acceptors (Lipinski definition) is 3. The summed E-state index contributed by atoms with van der Waals surface area (Å²) in [5, 5.41) is 2.63. The molecule has 0 radical (unpaired) electrons. The Balaban J connectivity index is 2.40. The van der Waals surface area contributed by atoms with E-state index in [1.807, 2.05) is 5.59 Å². The van der Waals surface area contributed by atoms with Crippen molar-refractivity contribution in [2.75, 3.05) is 7.11 Å². The zero-order chi connectivity index (χ0) is 4.12. The van der Waals surface area contributed by atoms with Gasteiger partial charge in [-0.2, -0.15) is 11.1 Å². The summed E-state index contributed by atoms with van der Waals surface area (Å²) >= 11 is 0. The molecule has 0 rings (SSSR count). The fraction of sp³-hybridized carbons (Fsp3) is 1.00. The number of nitrogens with one attached hydrogen (secondary N) is 2. The van der Waals surface area contributed by atoms with Crippen LogP contribution in [0.3, 0.4) is 0 Å². The summed E-state index contributed by atoms with van der Waals surface area (Å²) in [5.74, 6) is 0. The summed E-state index contributed by atoms with van der Waals surface area (Å²) in [5.41, 5.74) is 7.89. The largest absolute Gasteiger partial charge is 0.261 e. The Morgan fingerprint density at radius 2 is 2.60 bits per heavy atom. The van der Waals surface area contributed by atoms with Crippen LogP contribution in [-0.4, -0.2) is 7.11 Å². The van der Waals surface area contributed by atoms with Gasteiger partial charge in [-0.15, -0.1) is 0 Å². The van der Waals surface area contributed by atoms with E-state index in [-0.39, 0.29) is 0 Å². The van der Waals surface area contributed by atoms with Gasteiger partial charge in [0.25, 0.3) is 0 Å². The lowest BCUT2D eigenvalue weighted by Gasteiger charge is -1.82. The Morgan fingerprint density at radius 1 is 2.00 bits per heavy atom. The first-order valence-electron chi connectivity index (χ1n) is 1.06. The maximum absolute atomic E-state index is 5.99. The highest BCUT2D eigenvalue weighted by Crippen LogP contribution is 1.46. The van der Waals surface area contributed by atoms with Crippen LogP contribution in [0.1, 0.15) is 0 Å². The van der Waals surface area contributed by atoms with Gasteiger partial charge >= 0.3 is 0 Å². The quantitative estimate of drug-likeness (QED) is 0.361. The molecule has 0 spiro atoms. The van der Waals surface area contributed by atoms with E-state index in [4.69, 9.17) is 5.53 Å². The second-order valence-corrected chi connectivity index (χ2v) is 0.407. The molecule has 0 amide bonds. The maximum atomic E-state index is 5.99. The monoisotopic (exact) mass is 75.0 g/mol. The van der Waals surface area contributed by atoms with Gasteiger partial charge in [-0.05, 0) is 0 Å². The third-order valence-electron chi connectivity index (χ3n) is 0.137. The van der Waals surface area contributed by atoms with Crippen LogP contribution in [0, 0.1) is 5.53 Å². The molecule has 0 atom stereocenters. The van der Waals surface area contributed by atoms with Gasteiger partial charge in [0.15, 0.2) is 0 Å². The summed E-state index contributed by atoms with van der Waals surface area (Å²) < 4.78 is 0. The normalized spacial score (nSPS) is 6.60. The molecule has 0 aromatic heterocycles. The van der Waals surface area contributed by atoms with Gasteiger partial charge in [-0.1, -0.05) is 5.22 Å². The van der Waals surface area contributed by atoms with E-state index in [1.165, 1.54) is 7.11 Å². The molecule has 5 heavy (non-hydrogen) atoms. The number of nitrogens with zero attached hydrogens (tertiary/aromatic N) is 1. The third-order valence-corrected chi connectivity index (χ3v) is 0.137. The van der Waals surface area contributed by atoms with Crippen molar-refractivity contribution in [1.29, 1.82) is 5.53 Å². The summed E-state index contributed by atoms with van der Waals surface area (Å²) in [7, 11) is 1.39. The van der Waals surface area contributed by atoms with Crippen molar-refractivity contribution in [1.82, 2.24) is 5.59 Å². The van der Waals surface area contributed by atoms with E-state index in [1.54, 1.807) is 0 Å². The highest BCUT2D eigenvalue weighted by atomic mass is 16.7. The van der Waals surface area contributed by atoms with Crippen LogP contribution < -0.4 is 5.59 Å². The smallest absolute Gasteiger partial charge is 0.0655 e. The molecule has 0 saturated carbocycles. The molecule has 30 valence electrons. The minimum Gasteiger partial charge on any atom is -0.261 e. The van der Waals surface area contributed by atoms with Gasteiger partial charge in [0, 0.05) is 0 Å². The standard InChI is InChI=1S/CH5N3O/c1-5-4-3-2/h1H3,(H2,2,4). The van der Waals surface area contributed by atoms with E-state index < -0.39 is 0 Å². The molecule has 0 aliphatic carbocycles. The van der Waals surface area contributed by atoms with Gasteiger partial charge in [0.05, 0.1) is 7.11 Å². The lowest BCUT2D eigenvalue weighted by Crippen LogP contribution is -1.98. The van der Waals surface area contributed by atoms with E-state index in [2.05, 4.69) is 10.1 Å². The first kappa shape index (κ1) is 4.36. The first-order chi connectivity index (χ1) is 2.41. The van der Waals surface area contributed by atoms with Crippen molar-refractivity contribution in [2.24, 2.45) is 5.22 Å². The molecule has 0 bridgehead atoms. The second-order valence-electron chi connectivity index (χ2n) is 0.407. The minimum atomic E-state index is 1.39. The Hall–Kier alpha value is -0.640. The minimum absolute atomic E-state index is 1.39. The van der Waals surface area contributed by atoms with Crippen LogP contribution in [0.5, 0.6) is 0 Å². The Labute approximate surface area is 29.6 Å². The highest BCUT2D eigenvalue weighted by Gasteiger charge is 1.52. The molecule has 4 heteroatoms. The van der Waals surface area contributed by atoms with Crippen LogP contribution in [0.2, 0.25) is 0 Å². The molecular weight excluding hydrogens is 70.0 g/mol. The predicted octanol–water partition coefficient (Wildman–Crippen LogP) is 0.0834. The predicted molar refractivity (Wildman–Crippen MR) is 15.3 cm³/mol. The SMILES string of the molecule is CONN=N. The van der Waals surface area contributed by atoms with Gasteiger partial charge in [-0.25, -0.2) is 0 Å². The summed E-state index contributed by atoms with van der Waals surface area (Å²) in [4.78, 5) is 4.09. The zero-order valence-corrected chi connectivity index (χ0v) is 2.86. The van der Waals surface area contributed by atoms with Crippen molar-refractivity contribution in [2.45, 2.75) is 0 Å². The number of rotatable bonds is 2. The topological polar surface area (TPSA) is 57.5 Å².